The van der Waals surface area contributed by atoms with Gasteiger partial charge in [0.25, 0.3) is 0 Å². The van der Waals surface area contributed by atoms with Crippen LogP contribution in [0.15, 0.2) is 54.6 Å². The number of carbonyl (C=O) groups is 2. The molecule has 0 spiro atoms. The molecule has 2 aromatic carbocycles. The Labute approximate surface area is 159 Å². The molecule has 2 N–H and O–H groups in total. The van der Waals surface area contributed by atoms with Crippen molar-refractivity contribution in [2.24, 2.45) is 5.73 Å². The van der Waals surface area contributed by atoms with Crippen LogP contribution in [0.5, 0.6) is 0 Å². The lowest BCUT2D eigenvalue weighted by Crippen LogP contribution is -2.49. The van der Waals surface area contributed by atoms with Crippen LogP contribution in [0.25, 0.3) is 0 Å². The molecule has 6 heteroatoms. The lowest BCUT2D eigenvalue weighted by atomic mass is 10.1. The highest BCUT2D eigenvalue weighted by atomic mass is 16.6. The van der Waals surface area contributed by atoms with Crippen LogP contribution in [0.2, 0.25) is 0 Å². The van der Waals surface area contributed by atoms with Crippen molar-refractivity contribution in [1.82, 2.24) is 4.90 Å². The summed E-state index contributed by atoms with van der Waals surface area (Å²) in [6, 6.07) is 17.6. The van der Waals surface area contributed by atoms with Gasteiger partial charge in [0.1, 0.15) is 6.10 Å². The van der Waals surface area contributed by atoms with Crippen molar-refractivity contribution in [3.8, 4) is 0 Å². The smallest absolute Gasteiger partial charge is 0.405 e. The Bertz CT molecular complexity index is 769. The second kappa shape index (κ2) is 8.58. The highest BCUT2D eigenvalue weighted by Gasteiger charge is 2.26. The molecule has 0 unspecified atom stereocenters. The van der Waals surface area contributed by atoms with Crippen LogP contribution >= 0.6 is 0 Å². The van der Waals surface area contributed by atoms with Gasteiger partial charge in [0.2, 0.25) is 5.91 Å². The van der Waals surface area contributed by atoms with Crippen LogP contribution in [0.4, 0.5) is 10.5 Å². The molecule has 6 nitrogen and oxygen atoms in total. The SMILES string of the molecule is Cc1ccc(N2CCN(C(=O)C[C@H](OC(N)=O)c3ccccc3)CC2)cc1. The fourth-order valence-corrected chi connectivity index (χ4v) is 3.29. The average Bonchev–Trinajstić information content (AvgIpc) is 2.68. The van der Waals surface area contributed by atoms with E-state index in [4.69, 9.17) is 10.5 Å². The van der Waals surface area contributed by atoms with Crippen LogP contribution in [0.1, 0.15) is 23.7 Å². The minimum Gasteiger partial charge on any atom is -0.441 e. The quantitative estimate of drug-likeness (QED) is 0.882. The second-order valence-electron chi connectivity index (χ2n) is 6.74. The Hall–Kier alpha value is -3.02. The molecule has 0 aliphatic carbocycles. The standard InChI is InChI=1S/C21H25N3O3/c1-16-7-9-18(10-8-16)23-11-13-24(14-12-23)20(25)15-19(27-21(22)26)17-5-3-2-4-6-17/h2-10,19H,11-15H2,1H3,(H2,22,26)/t19-/m0/s1. The van der Waals surface area contributed by atoms with Gasteiger partial charge in [-0.15, -0.1) is 0 Å². The van der Waals surface area contributed by atoms with Crippen LogP contribution in [0.3, 0.4) is 0 Å². The Balaban J connectivity index is 1.59. The fourth-order valence-electron chi connectivity index (χ4n) is 3.29. The summed E-state index contributed by atoms with van der Waals surface area (Å²) in [5.41, 5.74) is 8.36. The van der Waals surface area contributed by atoms with Crippen molar-refractivity contribution in [1.29, 1.82) is 0 Å². The molecule has 2 amide bonds. The number of carbonyl (C=O) groups excluding carboxylic acids is 2. The van der Waals surface area contributed by atoms with Gasteiger partial charge in [-0.2, -0.15) is 0 Å². The summed E-state index contributed by atoms with van der Waals surface area (Å²) in [6.45, 7) is 4.91. The molecule has 1 saturated heterocycles. The van der Waals surface area contributed by atoms with Gasteiger partial charge in [-0.3, -0.25) is 4.79 Å². The number of hydrogen-bond donors (Lipinski definition) is 1. The van der Waals surface area contributed by atoms with E-state index in [1.54, 1.807) is 0 Å². The van der Waals surface area contributed by atoms with E-state index in [-0.39, 0.29) is 12.3 Å². The first-order valence-corrected chi connectivity index (χ1v) is 9.13. The molecule has 1 aliphatic rings. The van der Waals surface area contributed by atoms with Crippen molar-refractivity contribution in [3.63, 3.8) is 0 Å². The lowest BCUT2D eigenvalue weighted by Gasteiger charge is -2.36. The maximum Gasteiger partial charge on any atom is 0.405 e. The van der Waals surface area contributed by atoms with E-state index in [1.807, 2.05) is 35.2 Å². The fraction of sp³-hybridized carbons (Fsp3) is 0.333. The summed E-state index contributed by atoms with van der Waals surface area (Å²) in [6.07, 6.45) is -1.44. The molecule has 0 bridgehead atoms. The minimum absolute atomic E-state index is 0.0336. The first-order chi connectivity index (χ1) is 13.0. The van der Waals surface area contributed by atoms with Crippen LogP contribution < -0.4 is 10.6 Å². The monoisotopic (exact) mass is 367 g/mol. The summed E-state index contributed by atoms with van der Waals surface area (Å²) in [7, 11) is 0. The molecule has 0 aromatic heterocycles. The van der Waals surface area contributed by atoms with Gasteiger partial charge in [0.15, 0.2) is 0 Å². The number of piperazine rings is 1. The number of rotatable bonds is 5. The zero-order valence-corrected chi connectivity index (χ0v) is 15.5. The van der Waals surface area contributed by atoms with Gasteiger partial charge in [0.05, 0.1) is 6.42 Å². The number of anilines is 1. The molecule has 1 fully saturated rings. The van der Waals surface area contributed by atoms with E-state index < -0.39 is 12.2 Å². The number of aryl methyl sites for hydroxylation is 1. The van der Waals surface area contributed by atoms with E-state index in [1.165, 1.54) is 11.3 Å². The van der Waals surface area contributed by atoms with Gasteiger partial charge >= 0.3 is 6.09 Å². The topological polar surface area (TPSA) is 75.9 Å². The van der Waals surface area contributed by atoms with E-state index in [2.05, 4.69) is 36.1 Å². The molecule has 27 heavy (non-hydrogen) atoms. The summed E-state index contributed by atoms with van der Waals surface area (Å²) in [5.74, 6) is -0.0336. The maximum absolute atomic E-state index is 12.7. The van der Waals surface area contributed by atoms with Gasteiger partial charge in [-0.25, -0.2) is 4.79 Å². The number of primary amides is 1. The molecule has 1 atom stereocenters. The lowest BCUT2D eigenvalue weighted by molar-refractivity contribution is -0.133. The van der Waals surface area contributed by atoms with Crippen LogP contribution in [-0.4, -0.2) is 43.1 Å². The first kappa shape index (κ1) is 18.8. The minimum atomic E-state index is -0.874. The highest BCUT2D eigenvalue weighted by Crippen LogP contribution is 2.23. The summed E-state index contributed by atoms with van der Waals surface area (Å²) in [5, 5.41) is 0. The van der Waals surface area contributed by atoms with Crippen molar-refractivity contribution in [2.75, 3.05) is 31.1 Å². The molecule has 142 valence electrons. The van der Waals surface area contributed by atoms with Crippen molar-refractivity contribution in [2.45, 2.75) is 19.4 Å². The molecular weight excluding hydrogens is 342 g/mol. The predicted octanol–water partition coefficient (Wildman–Crippen LogP) is 2.87. The molecular formula is C21H25N3O3. The number of nitrogens with two attached hydrogens (primary N) is 1. The van der Waals surface area contributed by atoms with E-state index in [9.17, 15) is 9.59 Å². The second-order valence-corrected chi connectivity index (χ2v) is 6.74. The van der Waals surface area contributed by atoms with Crippen LogP contribution in [0, 0.1) is 6.92 Å². The number of benzene rings is 2. The number of hydrogen-bond acceptors (Lipinski definition) is 4. The zero-order chi connectivity index (χ0) is 19.2. The normalized spacial score (nSPS) is 15.3. The molecule has 3 rings (SSSR count). The van der Waals surface area contributed by atoms with Crippen LogP contribution in [-0.2, 0) is 9.53 Å². The number of amides is 2. The summed E-state index contributed by atoms with van der Waals surface area (Å²) in [4.78, 5) is 28.1. The molecule has 2 aromatic rings. The maximum atomic E-state index is 12.7. The Morgan fingerprint density at radius 1 is 1.00 bits per heavy atom. The predicted molar refractivity (Wildman–Crippen MR) is 104 cm³/mol. The third-order valence-electron chi connectivity index (χ3n) is 4.82. The van der Waals surface area contributed by atoms with Gasteiger partial charge < -0.3 is 20.3 Å². The van der Waals surface area contributed by atoms with Crippen molar-refractivity contribution < 1.29 is 14.3 Å². The summed E-state index contributed by atoms with van der Waals surface area (Å²) < 4.78 is 5.18. The number of nitrogens with zero attached hydrogens (tertiary/aromatic N) is 2. The average molecular weight is 367 g/mol. The first-order valence-electron chi connectivity index (χ1n) is 9.13. The van der Waals surface area contributed by atoms with Gasteiger partial charge in [-0.05, 0) is 24.6 Å². The molecule has 1 heterocycles. The van der Waals surface area contributed by atoms with Crippen molar-refractivity contribution in [3.05, 3.63) is 65.7 Å². The van der Waals surface area contributed by atoms with E-state index >= 15 is 0 Å². The Kier molecular flexibility index (Phi) is 5.96. The summed E-state index contributed by atoms with van der Waals surface area (Å²) >= 11 is 0. The molecule has 1 aliphatic heterocycles. The molecule has 0 saturated carbocycles. The third kappa shape index (κ3) is 5.00. The van der Waals surface area contributed by atoms with Gasteiger partial charge in [0, 0.05) is 31.9 Å². The third-order valence-corrected chi connectivity index (χ3v) is 4.82. The molecule has 0 radical (unpaired) electrons. The number of ether oxygens (including phenoxy) is 1. The zero-order valence-electron chi connectivity index (χ0n) is 15.5. The van der Waals surface area contributed by atoms with E-state index in [0.29, 0.717) is 13.1 Å². The Morgan fingerprint density at radius 2 is 1.63 bits per heavy atom. The highest BCUT2D eigenvalue weighted by molar-refractivity contribution is 5.78. The van der Waals surface area contributed by atoms with E-state index in [0.717, 1.165) is 18.7 Å². The Morgan fingerprint density at radius 3 is 2.22 bits per heavy atom. The van der Waals surface area contributed by atoms with Crippen molar-refractivity contribution >= 4 is 17.7 Å². The van der Waals surface area contributed by atoms with Gasteiger partial charge in [-0.1, -0.05) is 48.0 Å². The largest absolute Gasteiger partial charge is 0.441 e.